The van der Waals surface area contributed by atoms with Crippen molar-refractivity contribution < 1.29 is 4.74 Å². The molecule has 0 N–H and O–H groups in total. The largest absolute Gasteiger partial charge is 0.497 e. The SMILES string of the molecule is COc1ccc(C/C=C/SC)c(C#N)c1. The topological polar surface area (TPSA) is 33.0 Å². The van der Waals surface area contributed by atoms with Crippen molar-refractivity contribution in [2.24, 2.45) is 0 Å². The van der Waals surface area contributed by atoms with Crippen LogP contribution in [0.25, 0.3) is 0 Å². The number of hydrogen-bond donors (Lipinski definition) is 0. The van der Waals surface area contributed by atoms with Crippen LogP contribution in [0, 0.1) is 11.3 Å². The molecule has 15 heavy (non-hydrogen) atoms. The fourth-order valence-electron chi connectivity index (χ4n) is 1.24. The molecule has 0 heterocycles. The van der Waals surface area contributed by atoms with E-state index in [9.17, 15) is 0 Å². The minimum atomic E-state index is 0.681. The molecule has 2 nitrogen and oxygen atoms in total. The third kappa shape index (κ3) is 3.34. The lowest BCUT2D eigenvalue weighted by Crippen LogP contribution is -1.90. The van der Waals surface area contributed by atoms with Gasteiger partial charge < -0.3 is 4.74 Å². The fraction of sp³-hybridized carbons (Fsp3) is 0.250. The summed E-state index contributed by atoms with van der Waals surface area (Å²) < 4.78 is 5.06. The smallest absolute Gasteiger partial charge is 0.120 e. The molecule has 78 valence electrons. The first-order valence-electron chi connectivity index (χ1n) is 4.56. The van der Waals surface area contributed by atoms with Gasteiger partial charge in [-0.15, -0.1) is 11.8 Å². The molecule has 0 saturated heterocycles. The Morgan fingerprint density at radius 3 is 2.93 bits per heavy atom. The lowest BCUT2D eigenvalue weighted by atomic mass is 10.1. The standard InChI is InChI=1S/C12H13NOS/c1-14-12-6-5-10(4-3-7-15-2)11(8-12)9-13/h3,5-8H,4H2,1-2H3/b7-3+. The van der Waals surface area contributed by atoms with E-state index in [4.69, 9.17) is 10.00 Å². The Morgan fingerprint density at radius 1 is 1.53 bits per heavy atom. The quantitative estimate of drug-likeness (QED) is 0.780. The van der Waals surface area contributed by atoms with E-state index < -0.39 is 0 Å². The minimum Gasteiger partial charge on any atom is -0.497 e. The van der Waals surface area contributed by atoms with Crippen LogP contribution in [0.2, 0.25) is 0 Å². The summed E-state index contributed by atoms with van der Waals surface area (Å²) in [5, 5.41) is 11.0. The Bertz CT molecular complexity index is 393. The molecular weight excluding hydrogens is 206 g/mol. The van der Waals surface area contributed by atoms with Crippen LogP contribution in [0.4, 0.5) is 0 Å². The van der Waals surface area contributed by atoms with Crippen LogP contribution in [-0.2, 0) is 6.42 Å². The highest BCUT2D eigenvalue weighted by molar-refractivity contribution is 8.01. The first-order chi connectivity index (χ1) is 7.31. The third-order valence-corrected chi connectivity index (χ3v) is 2.47. The van der Waals surface area contributed by atoms with E-state index in [0.717, 1.165) is 17.7 Å². The number of allylic oxidation sites excluding steroid dienone is 1. The van der Waals surface area contributed by atoms with Crippen molar-refractivity contribution in [3.8, 4) is 11.8 Å². The Kier molecular flexibility index (Phi) is 4.79. The lowest BCUT2D eigenvalue weighted by molar-refractivity contribution is 0.414. The zero-order valence-electron chi connectivity index (χ0n) is 8.86. The van der Waals surface area contributed by atoms with Crippen LogP contribution in [0.5, 0.6) is 5.75 Å². The first kappa shape index (κ1) is 11.7. The van der Waals surface area contributed by atoms with E-state index in [1.807, 2.05) is 29.9 Å². The predicted molar refractivity (Wildman–Crippen MR) is 64.1 cm³/mol. The van der Waals surface area contributed by atoms with Gasteiger partial charge in [0, 0.05) is 0 Å². The Balaban J connectivity index is 2.89. The van der Waals surface area contributed by atoms with Crippen LogP contribution >= 0.6 is 11.8 Å². The fourth-order valence-corrected chi connectivity index (χ4v) is 1.52. The van der Waals surface area contributed by atoms with Crippen molar-refractivity contribution in [3.05, 3.63) is 40.8 Å². The number of hydrogen-bond acceptors (Lipinski definition) is 3. The van der Waals surface area contributed by atoms with Crippen LogP contribution in [-0.4, -0.2) is 13.4 Å². The lowest BCUT2D eigenvalue weighted by Gasteiger charge is -2.03. The van der Waals surface area contributed by atoms with E-state index in [2.05, 4.69) is 6.07 Å². The van der Waals surface area contributed by atoms with Crippen LogP contribution in [0.1, 0.15) is 11.1 Å². The predicted octanol–water partition coefficient (Wildman–Crippen LogP) is 2.99. The summed E-state index contributed by atoms with van der Waals surface area (Å²) in [6, 6.07) is 7.75. The molecule has 0 aliphatic carbocycles. The van der Waals surface area contributed by atoms with Gasteiger partial charge >= 0.3 is 0 Å². The summed E-state index contributed by atoms with van der Waals surface area (Å²) in [6.45, 7) is 0. The molecule has 1 aromatic carbocycles. The average Bonchev–Trinajstić information content (AvgIpc) is 2.29. The van der Waals surface area contributed by atoms with Gasteiger partial charge in [0.25, 0.3) is 0 Å². The van der Waals surface area contributed by atoms with E-state index in [1.165, 1.54) is 0 Å². The van der Waals surface area contributed by atoms with E-state index in [1.54, 1.807) is 24.9 Å². The second-order valence-electron chi connectivity index (χ2n) is 2.95. The van der Waals surface area contributed by atoms with Gasteiger partial charge in [-0.1, -0.05) is 12.1 Å². The molecule has 0 saturated carbocycles. The zero-order valence-corrected chi connectivity index (χ0v) is 9.67. The number of thioether (sulfide) groups is 1. The van der Waals surface area contributed by atoms with Gasteiger partial charge in [0.05, 0.1) is 18.7 Å². The molecule has 0 radical (unpaired) electrons. The molecule has 0 fully saturated rings. The molecule has 0 amide bonds. The van der Waals surface area contributed by atoms with Gasteiger partial charge in [0.2, 0.25) is 0 Å². The minimum absolute atomic E-state index is 0.681. The highest BCUT2D eigenvalue weighted by Crippen LogP contribution is 2.17. The highest BCUT2D eigenvalue weighted by atomic mass is 32.2. The molecular formula is C12H13NOS. The Hall–Kier alpha value is -1.40. The summed E-state index contributed by atoms with van der Waals surface area (Å²) >= 11 is 1.65. The maximum absolute atomic E-state index is 8.96. The van der Waals surface area contributed by atoms with Crippen LogP contribution in [0.3, 0.4) is 0 Å². The van der Waals surface area contributed by atoms with E-state index >= 15 is 0 Å². The zero-order chi connectivity index (χ0) is 11.1. The van der Waals surface area contributed by atoms with Crippen molar-refractivity contribution in [3.63, 3.8) is 0 Å². The van der Waals surface area contributed by atoms with Gasteiger partial charge in [-0.3, -0.25) is 0 Å². The molecule has 1 aromatic rings. The second-order valence-corrected chi connectivity index (χ2v) is 3.69. The van der Waals surface area contributed by atoms with Crippen molar-refractivity contribution >= 4 is 11.8 Å². The van der Waals surface area contributed by atoms with Gasteiger partial charge in [0.1, 0.15) is 5.75 Å². The Labute approximate surface area is 94.6 Å². The number of nitrogens with zero attached hydrogens (tertiary/aromatic N) is 1. The van der Waals surface area contributed by atoms with Crippen LogP contribution < -0.4 is 4.74 Å². The first-order valence-corrected chi connectivity index (χ1v) is 5.85. The summed E-state index contributed by atoms with van der Waals surface area (Å²) in [5.41, 5.74) is 1.71. The van der Waals surface area contributed by atoms with Gasteiger partial charge in [-0.2, -0.15) is 5.26 Å². The summed E-state index contributed by atoms with van der Waals surface area (Å²) in [6.07, 6.45) is 4.84. The third-order valence-electron chi connectivity index (χ3n) is 2.01. The van der Waals surface area contributed by atoms with Gasteiger partial charge in [-0.05, 0) is 35.8 Å². The van der Waals surface area contributed by atoms with Crippen molar-refractivity contribution in [2.45, 2.75) is 6.42 Å². The summed E-state index contributed by atoms with van der Waals surface area (Å²) in [5.74, 6) is 0.726. The average molecular weight is 219 g/mol. The molecule has 3 heteroatoms. The summed E-state index contributed by atoms with van der Waals surface area (Å²) in [7, 11) is 1.60. The molecule has 0 spiro atoms. The van der Waals surface area contributed by atoms with Gasteiger partial charge in [0.15, 0.2) is 0 Å². The normalized spacial score (nSPS) is 10.2. The molecule has 1 rings (SSSR count). The monoisotopic (exact) mass is 219 g/mol. The molecule has 0 aliphatic rings. The molecule has 0 bridgehead atoms. The number of methoxy groups -OCH3 is 1. The highest BCUT2D eigenvalue weighted by Gasteiger charge is 2.01. The van der Waals surface area contributed by atoms with Gasteiger partial charge in [-0.25, -0.2) is 0 Å². The number of rotatable bonds is 4. The van der Waals surface area contributed by atoms with Crippen molar-refractivity contribution in [1.82, 2.24) is 0 Å². The maximum atomic E-state index is 8.96. The number of nitriles is 1. The molecule has 0 atom stereocenters. The van der Waals surface area contributed by atoms with Crippen molar-refractivity contribution in [1.29, 1.82) is 5.26 Å². The molecule has 0 aliphatic heterocycles. The van der Waals surface area contributed by atoms with E-state index in [0.29, 0.717) is 5.56 Å². The Morgan fingerprint density at radius 2 is 2.33 bits per heavy atom. The molecule has 0 unspecified atom stereocenters. The molecule has 0 aromatic heterocycles. The second kappa shape index (κ2) is 6.15. The number of benzene rings is 1. The number of ether oxygens (including phenoxy) is 1. The summed E-state index contributed by atoms with van der Waals surface area (Å²) in [4.78, 5) is 0. The van der Waals surface area contributed by atoms with E-state index in [-0.39, 0.29) is 0 Å². The van der Waals surface area contributed by atoms with Crippen LogP contribution in [0.15, 0.2) is 29.7 Å². The van der Waals surface area contributed by atoms with Crippen molar-refractivity contribution in [2.75, 3.05) is 13.4 Å². The maximum Gasteiger partial charge on any atom is 0.120 e.